The molecule has 2 aliphatic carbocycles. The third-order valence-corrected chi connectivity index (χ3v) is 2.66. The fourth-order valence-corrected chi connectivity index (χ4v) is 1.98. The van der Waals surface area contributed by atoms with E-state index in [-0.39, 0.29) is 0 Å². The maximum absolute atomic E-state index is 3.43. The summed E-state index contributed by atoms with van der Waals surface area (Å²) in [5, 5.41) is 0. The summed E-state index contributed by atoms with van der Waals surface area (Å²) in [7, 11) is 0. The standard InChI is InChI=1S/C14H10/c1-2-6-12-9-11(5-1)10-13-7-3-4-8-14(12)13/h1-8H,10H2. The molecule has 0 radical (unpaired) electrons. The van der Waals surface area contributed by atoms with Crippen molar-refractivity contribution in [2.24, 2.45) is 0 Å². The molecule has 0 aliphatic heterocycles. The van der Waals surface area contributed by atoms with Crippen LogP contribution >= 0.6 is 0 Å². The molecule has 66 valence electrons. The van der Waals surface area contributed by atoms with Crippen molar-refractivity contribution in [3.63, 3.8) is 0 Å². The van der Waals surface area contributed by atoms with Crippen LogP contribution in [0.25, 0.3) is 5.57 Å². The van der Waals surface area contributed by atoms with Gasteiger partial charge in [-0.05, 0) is 22.8 Å². The quantitative estimate of drug-likeness (QED) is 0.535. The number of rotatable bonds is 0. The lowest BCUT2D eigenvalue weighted by atomic mass is 9.91. The summed E-state index contributed by atoms with van der Waals surface area (Å²) in [6.07, 6.45) is 9.44. The van der Waals surface area contributed by atoms with E-state index in [1.807, 2.05) is 0 Å². The number of fused-ring (bicyclic) bond motifs is 2. The van der Waals surface area contributed by atoms with Gasteiger partial charge in [0.05, 0.1) is 0 Å². The van der Waals surface area contributed by atoms with Gasteiger partial charge in [0.15, 0.2) is 0 Å². The SMILES string of the molecule is C1=C2C=CC=CC=1c1ccccc1C2. The largest absolute Gasteiger partial charge is 0.108 e. The summed E-state index contributed by atoms with van der Waals surface area (Å²) >= 11 is 0. The normalized spacial score (nSPS) is 16.9. The van der Waals surface area contributed by atoms with Gasteiger partial charge in [-0.25, -0.2) is 0 Å². The molecule has 0 N–H and O–H groups in total. The molecule has 0 atom stereocenters. The molecule has 0 fully saturated rings. The summed E-state index contributed by atoms with van der Waals surface area (Å²) in [4.78, 5) is 0. The van der Waals surface area contributed by atoms with Crippen molar-refractivity contribution in [1.29, 1.82) is 0 Å². The van der Waals surface area contributed by atoms with Gasteiger partial charge >= 0.3 is 0 Å². The molecule has 1 aromatic rings. The molecular formula is C14H10. The van der Waals surface area contributed by atoms with Crippen LogP contribution in [0, 0.1) is 0 Å². The first-order chi connectivity index (χ1) is 6.93. The van der Waals surface area contributed by atoms with Crippen LogP contribution in [0.1, 0.15) is 11.1 Å². The van der Waals surface area contributed by atoms with E-state index in [1.165, 1.54) is 22.3 Å². The van der Waals surface area contributed by atoms with Crippen LogP contribution in [-0.4, -0.2) is 0 Å². The van der Waals surface area contributed by atoms with Gasteiger partial charge in [0.25, 0.3) is 0 Å². The molecule has 0 saturated heterocycles. The van der Waals surface area contributed by atoms with Crippen molar-refractivity contribution in [3.8, 4) is 0 Å². The zero-order valence-electron chi connectivity index (χ0n) is 7.83. The van der Waals surface area contributed by atoms with E-state index in [0.29, 0.717) is 0 Å². The molecule has 0 nitrogen and oxygen atoms in total. The first-order valence-electron chi connectivity index (χ1n) is 4.86. The monoisotopic (exact) mass is 178 g/mol. The zero-order chi connectivity index (χ0) is 9.38. The Kier molecular flexibility index (Phi) is 1.56. The maximum Gasteiger partial charge on any atom is 0.0242 e. The molecule has 14 heavy (non-hydrogen) atoms. The molecular weight excluding hydrogens is 168 g/mol. The van der Waals surface area contributed by atoms with E-state index in [9.17, 15) is 0 Å². The second-order valence-corrected chi connectivity index (χ2v) is 3.62. The maximum atomic E-state index is 3.43. The molecule has 1 aromatic carbocycles. The fraction of sp³-hybridized carbons (Fsp3) is 0.0714. The van der Waals surface area contributed by atoms with E-state index in [1.54, 1.807) is 0 Å². The number of allylic oxidation sites excluding steroid dienone is 5. The van der Waals surface area contributed by atoms with Gasteiger partial charge in [-0.2, -0.15) is 0 Å². The van der Waals surface area contributed by atoms with Crippen LogP contribution in [-0.2, 0) is 6.42 Å². The van der Waals surface area contributed by atoms with Gasteiger partial charge in [0.2, 0.25) is 0 Å². The highest BCUT2D eigenvalue weighted by Gasteiger charge is 2.11. The summed E-state index contributed by atoms with van der Waals surface area (Å²) < 4.78 is 0. The lowest BCUT2D eigenvalue weighted by molar-refractivity contribution is 1.18. The fourth-order valence-electron chi connectivity index (χ4n) is 1.98. The Labute approximate surface area is 83.6 Å². The summed E-state index contributed by atoms with van der Waals surface area (Å²) in [6, 6.07) is 8.56. The second-order valence-electron chi connectivity index (χ2n) is 3.62. The molecule has 2 bridgehead atoms. The summed E-state index contributed by atoms with van der Waals surface area (Å²) in [5.41, 5.74) is 8.67. The van der Waals surface area contributed by atoms with Crippen molar-refractivity contribution < 1.29 is 0 Å². The van der Waals surface area contributed by atoms with Crippen molar-refractivity contribution in [2.45, 2.75) is 6.42 Å². The number of benzene rings is 1. The van der Waals surface area contributed by atoms with E-state index < -0.39 is 0 Å². The number of hydrogen-bond acceptors (Lipinski definition) is 0. The minimum atomic E-state index is 1.01. The van der Waals surface area contributed by atoms with Gasteiger partial charge in [0, 0.05) is 12.0 Å². The van der Waals surface area contributed by atoms with Crippen LogP contribution in [0.4, 0.5) is 0 Å². The Bertz CT molecular complexity index is 507. The van der Waals surface area contributed by atoms with Crippen LogP contribution < -0.4 is 0 Å². The van der Waals surface area contributed by atoms with Gasteiger partial charge in [-0.1, -0.05) is 42.5 Å². The first-order valence-corrected chi connectivity index (χ1v) is 4.86. The Morgan fingerprint density at radius 1 is 1.00 bits per heavy atom. The molecule has 0 aromatic heterocycles. The van der Waals surface area contributed by atoms with Crippen LogP contribution in [0.5, 0.6) is 0 Å². The highest BCUT2D eigenvalue weighted by molar-refractivity contribution is 5.79. The van der Waals surface area contributed by atoms with E-state index in [4.69, 9.17) is 0 Å². The minimum Gasteiger partial charge on any atom is -0.108 e. The van der Waals surface area contributed by atoms with Gasteiger partial charge in [0.1, 0.15) is 0 Å². The molecule has 0 spiro atoms. The lowest BCUT2D eigenvalue weighted by Crippen LogP contribution is -1.97. The predicted molar refractivity (Wildman–Crippen MR) is 58.9 cm³/mol. The molecule has 0 unspecified atom stereocenters. The second kappa shape index (κ2) is 2.87. The third kappa shape index (κ3) is 1.09. The van der Waals surface area contributed by atoms with E-state index >= 15 is 0 Å². The Balaban J connectivity index is 2.29. The summed E-state index contributed by atoms with van der Waals surface area (Å²) in [5.74, 6) is 0. The van der Waals surface area contributed by atoms with Crippen molar-refractivity contribution >= 4 is 5.57 Å². The molecule has 2 aliphatic rings. The smallest absolute Gasteiger partial charge is 0.0242 e. The van der Waals surface area contributed by atoms with Crippen LogP contribution in [0.2, 0.25) is 0 Å². The zero-order valence-corrected chi connectivity index (χ0v) is 7.83. The Morgan fingerprint density at radius 2 is 1.86 bits per heavy atom. The van der Waals surface area contributed by atoms with Crippen LogP contribution in [0.3, 0.4) is 0 Å². The number of hydrogen-bond donors (Lipinski definition) is 0. The Hall–Kier alpha value is -1.78. The molecule has 0 amide bonds. The van der Waals surface area contributed by atoms with Crippen molar-refractivity contribution in [3.05, 3.63) is 71.0 Å². The first kappa shape index (κ1) is 7.61. The minimum absolute atomic E-state index is 1.01. The average molecular weight is 178 g/mol. The summed E-state index contributed by atoms with van der Waals surface area (Å²) in [6.45, 7) is 0. The predicted octanol–water partition coefficient (Wildman–Crippen LogP) is 3.28. The van der Waals surface area contributed by atoms with E-state index in [2.05, 4.69) is 54.3 Å². The molecule has 0 heteroatoms. The lowest BCUT2D eigenvalue weighted by Gasteiger charge is -2.12. The van der Waals surface area contributed by atoms with Crippen molar-refractivity contribution in [1.82, 2.24) is 0 Å². The molecule has 0 heterocycles. The van der Waals surface area contributed by atoms with Gasteiger partial charge in [-0.3, -0.25) is 0 Å². The van der Waals surface area contributed by atoms with Crippen molar-refractivity contribution in [2.75, 3.05) is 0 Å². The average Bonchev–Trinajstić information content (AvgIpc) is 2.41. The molecule has 3 rings (SSSR count). The van der Waals surface area contributed by atoms with Gasteiger partial charge < -0.3 is 0 Å². The third-order valence-electron chi connectivity index (χ3n) is 2.66. The highest BCUT2D eigenvalue weighted by Crippen LogP contribution is 2.28. The van der Waals surface area contributed by atoms with Gasteiger partial charge in [-0.15, -0.1) is 5.73 Å². The molecule has 0 saturated carbocycles. The highest BCUT2D eigenvalue weighted by atomic mass is 14.1. The van der Waals surface area contributed by atoms with E-state index in [0.717, 1.165) is 6.42 Å². The topological polar surface area (TPSA) is 0 Å². The van der Waals surface area contributed by atoms with Crippen LogP contribution in [0.15, 0.2) is 59.9 Å². The Morgan fingerprint density at radius 3 is 2.86 bits per heavy atom.